The average Bonchev–Trinajstić information content (AvgIpc) is 2.70. The van der Waals surface area contributed by atoms with Crippen molar-refractivity contribution in [1.29, 1.82) is 0 Å². The van der Waals surface area contributed by atoms with Gasteiger partial charge >= 0.3 is 0 Å². The Balaban J connectivity index is 2.37. The van der Waals surface area contributed by atoms with Gasteiger partial charge < -0.3 is 10.3 Å². The number of benzene rings is 1. The number of aryl methyl sites for hydroxylation is 1. The molecule has 1 aromatic carbocycles. The molecule has 0 bridgehead atoms. The number of imidazole rings is 1. The number of hydrogen-bond donors (Lipinski definition) is 1. The van der Waals surface area contributed by atoms with Crippen molar-refractivity contribution in [2.45, 2.75) is 46.1 Å². The van der Waals surface area contributed by atoms with Gasteiger partial charge in [0.05, 0.1) is 12.2 Å². The van der Waals surface area contributed by atoms with Crippen LogP contribution in [-0.2, 0) is 13.0 Å². The zero-order valence-electron chi connectivity index (χ0n) is 12.1. The molecule has 0 amide bonds. The summed E-state index contributed by atoms with van der Waals surface area (Å²) in [5, 5.41) is 0. The number of hydrogen-bond acceptors (Lipinski definition) is 2. The highest BCUT2D eigenvalue weighted by Gasteiger charge is 2.16. The summed E-state index contributed by atoms with van der Waals surface area (Å²) < 4.78 is 2.16. The van der Waals surface area contributed by atoms with Gasteiger partial charge in [0, 0.05) is 6.42 Å². The Bertz CT molecular complexity index is 526. The van der Waals surface area contributed by atoms with Gasteiger partial charge in [0.2, 0.25) is 0 Å². The number of nitrogens with two attached hydrogens (primary N) is 1. The van der Waals surface area contributed by atoms with Gasteiger partial charge in [-0.15, -0.1) is 0 Å². The van der Waals surface area contributed by atoms with E-state index in [0.29, 0.717) is 5.92 Å². The molecule has 2 aromatic rings. The second kappa shape index (κ2) is 5.91. The maximum Gasteiger partial charge on any atom is 0.127 e. The lowest BCUT2D eigenvalue weighted by molar-refractivity contribution is 0.711. The molecule has 3 nitrogen and oxygen atoms in total. The third kappa shape index (κ3) is 2.98. The molecule has 1 heterocycles. The monoisotopic (exact) mass is 257 g/mol. The average molecular weight is 257 g/mol. The molecular weight excluding hydrogens is 234 g/mol. The van der Waals surface area contributed by atoms with E-state index in [9.17, 15) is 0 Å². The number of rotatable bonds is 5. The first-order valence-electron chi connectivity index (χ1n) is 7.02. The Kier molecular flexibility index (Phi) is 4.25. The van der Waals surface area contributed by atoms with Crippen molar-refractivity contribution in [2.75, 3.05) is 5.73 Å². The van der Waals surface area contributed by atoms with Crippen molar-refractivity contribution in [3.05, 3.63) is 47.4 Å². The lowest BCUT2D eigenvalue weighted by Gasteiger charge is -2.10. The molecule has 0 atom stereocenters. The van der Waals surface area contributed by atoms with Gasteiger partial charge in [-0.3, -0.25) is 0 Å². The number of aromatic nitrogens is 2. The fourth-order valence-corrected chi connectivity index (χ4v) is 2.32. The summed E-state index contributed by atoms with van der Waals surface area (Å²) in [7, 11) is 0. The second-order valence-electron chi connectivity index (χ2n) is 5.27. The van der Waals surface area contributed by atoms with Crippen LogP contribution in [0.3, 0.4) is 0 Å². The van der Waals surface area contributed by atoms with E-state index in [1.807, 2.05) is 6.07 Å². The first-order valence-corrected chi connectivity index (χ1v) is 7.02. The molecule has 102 valence electrons. The van der Waals surface area contributed by atoms with Gasteiger partial charge in [-0.2, -0.15) is 0 Å². The minimum atomic E-state index is 0.368. The molecule has 0 fully saturated rings. The van der Waals surface area contributed by atoms with Gasteiger partial charge in [-0.05, 0) is 17.9 Å². The van der Waals surface area contributed by atoms with E-state index in [4.69, 9.17) is 10.7 Å². The summed E-state index contributed by atoms with van der Waals surface area (Å²) in [6, 6.07) is 10.4. The van der Waals surface area contributed by atoms with Crippen molar-refractivity contribution >= 4 is 5.82 Å². The molecule has 0 aliphatic carbocycles. The summed E-state index contributed by atoms with van der Waals surface area (Å²) >= 11 is 0. The van der Waals surface area contributed by atoms with Crippen molar-refractivity contribution in [3.8, 4) is 0 Å². The van der Waals surface area contributed by atoms with Crippen LogP contribution in [0.2, 0.25) is 0 Å². The highest BCUT2D eigenvalue weighted by atomic mass is 15.1. The van der Waals surface area contributed by atoms with E-state index in [-0.39, 0.29) is 0 Å². The third-order valence-corrected chi connectivity index (χ3v) is 3.32. The second-order valence-corrected chi connectivity index (χ2v) is 5.27. The van der Waals surface area contributed by atoms with Crippen LogP contribution in [-0.4, -0.2) is 9.55 Å². The largest absolute Gasteiger partial charge is 0.384 e. The van der Waals surface area contributed by atoms with Gasteiger partial charge in [-0.1, -0.05) is 51.1 Å². The molecular formula is C16H23N3. The quantitative estimate of drug-likeness (QED) is 0.889. The molecule has 1 aromatic heterocycles. The van der Waals surface area contributed by atoms with Gasteiger partial charge in [0.15, 0.2) is 0 Å². The Labute approximate surface area is 115 Å². The Morgan fingerprint density at radius 3 is 2.47 bits per heavy atom. The molecule has 0 aliphatic rings. The van der Waals surface area contributed by atoms with Crippen LogP contribution in [0.1, 0.15) is 50.2 Å². The van der Waals surface area contributed by atoms with Crippen LogP contribution in [0, 0.1) is 0 Å². The Hall–Kier alpha value is -1.77. The van der Waals surface area contributed by atoms with Crippen LogP contribution in [0.15, 0.2) is 30.3 Å². The fourth-order valence-electron chi connectivity index (χ4n) is 2.32. The highest BCUT2D eigenvalue weighted by Crippen LogP contribution is 2.24. The lowest BCUT2D eigenvalue weighted by atomic mass is 10.1. The standard InChI is InChI=1S/C16H23N3/c1-4-8-14-18-15(12(2)3)16(17)19(14)11-13-9-6-5-7-10-13/h5-7,9-10,12H,4,8,11,17H2,1-3H3. The van der Waals surface area contributed by atoms with Crippen LogP contribution in [0.5, 0.6) is 0 Å². The van der Waals surface area contributed by atoms with E-state index < -0.39 is 0 Å². The zero-order valence-corrected chi connectivity index (χ0v) is 12.1. The fraction of sp³-hybridized carbons (Fsp3) is 0.438. The molecule has 2 N–H and O–H groups in total. The molecule has 0 unspecified atom stereocenters. The van der Waals surface area contributed by atoms with E-state index >= 15 is 0 Å². The van der Waals surface area contributed by atoms with E-state index in [1.165, 1.54) is 5.56 Å². The molecule has 0 saturated carbocycles. The van der Waals surface area contributed by atoms with Gasteiger partial charge in [-0.25, -0.2) is 4.98 Å². The molecule has 19 heavy (non-hydrogen) atoms. The van der Waals surface area contributed by atoms with E-state index in [1.54, 1.807) is 0 Å². The lowest BCUT2D eigenvalue weighted by Crippen LogP contribution is -2.08. The normalized spacial score (nSPS) is 11.2. The Morgan fingerprint density at radius 2 is 1.89 bits per heavy atom. The Morgan fingerprint density at radius 1 is 1.21 bits per heavy atom. The van der Waals surface area contributed by atoms with Crippen LogP contribution >= 0.6 is 0 Å². The molecule has 2 rings (SSSR count). The smallest absolute Gasteiger partial charge is 0.127 e. The van der Waals surface area contributed by atoms with E-state index in [2.05, 4.69) is 49.6 Å². The van der Waals surface area contributed by atoms with Crippen molar-refractivity contribution in [3.63, 3.8) is 0 Å². The van der Waals surface area contributed by atoms with Crippen LogP contribution < -0.4 is 5.73 Å². The summed E-state index contributed by atoms with van der Waals surface area (Å²) in [5.41, 5.74) is 8.57. The zero-order chi connectivity index (χ0) is 13.8. The van der Waals surface area contributed by atoms with E-state index in [0.717, 1.165) is 36.7 Å². The summed E-state index contributed by atoms with van der Waals surface area (Å²) in [6.07, 6.45) is 2.06. The van der Waals surface area contributed by atoms with Gasteiger partial charge in [0.1, 0.15) is 11.6 Å². The maximum absolute atomic E-state index is 6.28. The minimum absolute atomic E-state index is 0.368. The third-order valence-electron chi connectivity index (χ3n) is 3.32. The first-order chi connectivity index (χ1) is 9.13. The van der Waals surface area contributed by atoms with Crippen LogP contribution in [0.4, 0.5) is 5.82 Å². The summed E-state index contributed by atoms with van der Waals surface area (Å²) in [6.45, 7) is 7.26. The van der Waals surface area contributed by atoms with Gasteiger partial charge in [0.25, 0.3) is 0 Å². The SMILES string of the molecule is CCCc1nc(C(C)C)c(N)n1Cc1ccccc1. The maximum atomic E-state index is 6.28. The molecule has 0 radical (unpaired) electrons. The molecule has 0 saturated heterocycles. The summed E-state index contributed by atoms with van der Waals surface area (Å²) in [5.74, 6) is 2.29. The topological polar surface area (TPSA) is 43.8 Å². The first kappa shape index (κ1) is 13.7. The van der Waals surface area contributed by atoms with Crippen molar-refractivity contribution < 1.29 is 0 Å². The summed E-state index contributed by atoms with van der Waals surface area (Å²) in [4.78, 5) is 4.73. The minimum Gasteiger partial charge on any atom is -0.384 e. The number of nitrogen functional groups attached to an aromatic ring is 1. The molecule has 0 spiro atoms. The van der Waals surface area contributed by atoms with Crippen LogP contribution in [0.25, 0.3) is 0 Å². The predicted molar refractivity (Wildman–Crippen MR) is 80.3 cm³/mol. The van der Waals surface area contributed by atoms with Crippen molar-refractivity contribution in [1.82, 2.24) is 9.55 Å². The molecule has 0 aliphatic heterocycles. The molecule has 3 heteroatoms. The highest BCUT2D eigenvalue weighted by molar-refractivity contribution is 5.41. The number of anilines is 1. The number of nitrogens with zero attached hydrogens (tertiary/aromatic N) is 2. The predicted octanol–water partition coefficient (Wildman–Crippen LogP) is 3.59. The van der Waals surface area contributed by atoms with Crippen molar-refractivity contribution in [2.24, 2.45) is 0 Å².